The van der Waals surface area contributed by atoms with Gasteiger partial charge in [-0.25, -0.2) is 0 Å². The lowest BCUT2D eigenvalue weighted by Crippen LogP contribution is -2.48. The van der Waals surface area contributed by atoms with Crippen LogP contribution in [0.1, 0.15) is 31.7 Å². The average molecular weight is 550 g/mol. The molecular formula is C27H34Cl2N4O2S. The van der Waals surface area contributed by atoms with E-state index in [0.717, 1.165) is 44.6 Å². The summed E-state index contributed by atoms with van der Waals surface area (Å²) in [4.78, 5) is 17.6. The minimum atomic E-state index is -0.211. The van der Waals surface area contributed by atoms with E-state index in [0.29, 0.717) is 40.8 Å². The fourth-order valence-electron chi connectivity index (χ4n) is 4.84. The van der Waals surface area contributed by atoms with E-state index < -0.39 is 0 Å². The lowest BCUT2D eigenvalue weighted by atomic mass is 9.99. The number of carbonyl (C=O) groups is 1. The molecular weight excluding hydrogens is 515 g/mol. The number of benzene rings is 1. The summed E-state index contributed by atoms with van der Waals surface area (Å²) in [6.45, 7) is 6.23. The number of carbonyl (C=O) groups excluding carboxylic acids is 1. The van der Waals surface area contributed by atoms with Gasteiger partial charge in [0.05, 0.1) is 29.3 Å². The van der Waals surface area contributed by atoms with Crippen molar-refractivity contribution in [1.82, 2.24) is 15.5 Å². The van der Waals surface area contributed by atoms with Crippen molar-refractivity contribution in [1.29, 1.82) is 0 Å². The molecule has 1 amide bonds. The van der Waals surface area contributed by atoms with Crippen molar-refractivity contribution in [2.45, 2.75) is 44.8 Å². The first kappa shape index (κ1) is 26.9. The van der Waals surface area contributed by atoms with Crippen molar-refractivity contribution in [3.8, 4) is 5.75 Å². The number of piperidine rings is 1. The summed E-state index contributed by atoms with van der Waals surface area (Å²) in [6.07, 6.45) is 4.69. The number of hydrogen-bond acceptors (Lipinski definition) is 6. The zero-order valence-electron chi connectivity index (χ0n) is 20.8. The number of ether oxygens (including phenoxy) is 1. The number of amides is 1. The maximum absolute atomic E-state index is 12.6. The standard InChI is InChI=1S/C27H34Cl2N4O2S/c1-19(7-11-31-27(34)26-24(28)15-30-16-25(26)29)32-12-8-22(9-13-32)33(17-20-10-14-36-18-20)21-3-5-23(35-2)6-4-21/h3-6,10,14-15,18-19,22,30H,7-9,11-13,16-17H2,1-2H3,(H,31,34)/t19-/m1/s1. The maximum atomic E-state index is 12.6. The third-order valence-corrected chi connectivity index (χ3v) is 8.32. The zero-order valence-corrected chi connectivity index (χ0v) is 23.1. The van der Waals surface area contributed by atoms with Gasteiger partial charge < -0.3 is 25.2 Å². The first-order valence-corrected chi connectivity index (χ1v) is 14.1. The third kappa shape index (κ3) is 6.76. The van der Waals surface area contributed by atoms with Crippen LogP contribution in [-0.2, 0) is 11.3 Å². The summed E-state index contributed by atoms with van der Waals surface area (Å²) in [7, 11) is 1.70. The molecule has 3 heterocycles. The van der Waals surface area contributed by atoms with Gasteiger partial charge in [0.1, 0.15) is 5.75 Å². The molecule has 4 rings (SSSR count). The van der Waals surface area contributed by atoms with E-state index in [9.17, 15) is 4.79 Å². The molecule has 2 aliphatic rings. The fourth-order valence-corrected chi connectivity index (χ4v) is 6.09. The van der Waals surface area contributed by atoms with Gasteiger partial charge in [-0.05, 0) is 72.8 Å². The zero-order chi connectivity index (χ0) is 25.5. The summed E-state index contributed by atoms with van der Waals surface area (Å²) < 4.78 is 5.36. The Balaban J connectivity index is 1.30. The van der Waals surface area contributed by atoms with Crippen molar-refractivity contribution >= 4 is 46.1 Å². The SMILES string of the molecule is COc1ccc(N(Cc2ccsc2)C2CCN([C@H](C)CCNC(=O)C3=C(Cl)CNC=C3Cl)CC2)cc1. The molecule has 2 aromatic rings. The lowest BCUT2D eigenvalue weighted by Gasteiger charge is -2.42. The van der Waals surface area contributed by atoms with E-state index in [4.69, 9.17) is 27.9 Å². The minimum Gasteiger partial charge on any atom is -0.497 e. The van der Waals surface area contributed by atoms with Crippen molar-refractivity contribution in [3.05, 3.63) is 68.5 Å². The van der Waals surface area contributed by atoms with E-state index in [1.807, 2.05) is 12.1 Å². The summed E-state index contributed by atoms with van der Waals surface area (Å²) in [6, 6.07) is 11.5. The van der Waals surface area contributed by atoms with Crippen molar-refractivity contribution in [2.24, 2.45) is 0 Å². The highest BCUT2D eigenvalue weighted by atomic mass is 35.5. The van der Waals surface area contributed by atoms with Gasteiger partial charge in [-0.15, -0.1) is 0 Å². The predicted molar refractivity (Wildman–Crippen MR) is 150 cm³/mol. The van der Waals surface area contributed by atoms with Crippen LogP contribution in [0, 0.1) is 0 Å². The van der Waals surface area contributed by atoms with Crippen LogP contribution in [0.3, 0.4) is 0 Å². The van der Waals surface area contributed by atoms with E-state index in [1.54, 1.807) is 24.6 Å². The molecule has 9 heteroatoms. The van der Waals surface area contributed by atoms with Crippen LogP contribution in [0.4, 0.5) is 5.69 Å². The van der Waals surface area contributed by atoms with E-state index >= 15 is 0 Å². The van der Waals surface area contributed by atoms with E-state index in [1.165, 1.54) is 11.3 Å². The predicted octanol–water partition coefficient (Wildman–Crippen LogP) is 5.30. The fraction of sp³-hybridized carbons (Fsp3) is 0.444. The molecule has 1 fully saturated rings. The molecule has 0 unspecified atom stereocenters. The number of likely N-dealkylation sites (tertiary alicyclic amines) is 1. The summed E-state index contributed by atoms with van der Waals surface area (Å²) in [5, 5.41) is 11.1. The molecule has 0 bridgehead atoms. The molecule has 0 aliphatic carbocycles. The van der Waals surface area contributed by atoms with Gasteiger partial charge in [-0.1, -0.05) is 23.2 Å². The molecule has 2 N–H and O–H groups in total. The van der Waals surface area contributed by atoms with Gasteiger partial charge in [0, 0.05) is 50.2 Å². The number of halogens is 2. The number of dihydropyridines is 1. The number of nitrogens with zero attached hydrogens (tertiary/aromatic N) is 2. The average Bonchev–Trinajstić information content (AvgIpc) is 3.41. The summed E-state index contributed by atoms with van der Waals surface area (Å²) >= 11 is 14.1. The highest BCUT2D eigenvalue weighted by molar-refractivity contribution is 7.07. The largest absolute Gasteiger partial charge is 0.497 e. The van der Waals surface area contributed by atoms with Crippen LogP contribution in [0.25, 0.3) is 0 Å². The van der Waals surface area contributed by atoms with E-state index in [2.05, 4.69) is 56.3 Å². The highest BCUT2D eigenvalue weighted by Crippen LogP contribution is 2.29. The van der Waals surface area contributed by atoms with Gasteiger partial charge in [0.2, 0.25) is 0 Å². The maximum Gasteiger partial charge on any atom is 0.254 e. The van der Waals surface area contributed by atoms with Crippen LogP contribution < -0.4 is 20.3 Å². The van der Waals surface area contributed by atoms with Crippen molar-refractivity contribution < 1.29 is 9.53 Å². The van der Waals surface area contributed by atoms with Crippen LogP contribution in [-0.4, -0.2) is 56.2 Å². The first-order chi connectivity index (χ1) is 17.5. The number of nitrogens with one attached hydrogen (secondary N) is 2. The Morgan fingerprint density at radius 1 is 1.25 bits per heavy atom. The molecule has 0 spiro atoms. The molecule has 0 saturated carbocycles. The van der Waals surface area contributed by atoms with Gasteiger partial charge >= 0.3 is 0 Å². The number of anilines is 1. The number of methoxy groups -OCH3 is 1. The second-order valence-electron chi connectivity index (χ2n) is 9.27. The third-order valence-electron chi connectivity index (χ3n) is 6.97. The number of rotatable bonds is 10. The Morgan fingerprint density at radius 2 is 2.00 bits per heavy atom. The molecule has 0 radical (unpaired) electrons. The Labute approximate surface area is 227 Å². The molecule has 194 valence electrons. The van der Waals surface area contributed by atoms with Crippen LogP contribution in [0.2, 0.25) is 0 Å². The topological polar surface area (TPSA) is 56.8 Å². The number of thiophene rings is 1. The summed E-state index contributed by atoms with van der Waals surface area (Å²) in [5.74, 6) is 0.666. The normalized spacial score (nSPS) is 17.8. The van der Waals surface area contributed by atoms with Crippen molar-refractivity contribution in [3.63, 3.8) is 0 Å². The molecule has 1 atom stereocenters. The van der Waals surface area contributed by atoms with Crippen LogP contribution in [0.5, 0.6) is 5.75 Å². The van der Waals surface area contributed by atoms with Gasteiger partial charge in [-0.3, -0.25) is 4.79 Å². The van der Waals surface area contributed by atoms with Gasteiger partial charge in [0.15, 0.2) is 0 Å². The van der Waals surface area contributed by atoms with Crippen molar-refractivity contribution in [2.75, 3.05) is 38.2 Å². The molecule has 1 aromatic heterocycles. The Hall–Kier alpha value is -2.19. The van der Waals surface area contributed by atoms with Crippen LogP contribution >= 0.6 is 34.5 Å². The first-order valence-electron chi connectivity index (χ1n) is 12.4. The molecule has 6 nitrogen and oxygen atoms in total. The molecule has 1 saturated heterocycles. The monoisotopic (exact) mass is 548 g/mol. The number of hydrogen-bond donors (Lipinski definition) is 2. The molecule has 1 aromatic carbocycles. The lowest BCUT2D eigenvalue weighted by molar-refractivity contribution is -0.117. The molecule has 2 aliphatic heterocycles. The smallest absolute Gasteiger partial charge is 0.254 e. The van der Waals surface area contributed by atoms with Gasteiger partial charge in [0.25, 0.3) is 5.91 Å². The van der Waals surface area contributed by atoms with E-state index in [-0.39, 0.29) is 5.91 Å². The second kappa shape index (κ2) is 12.9. The quantitative estimate of drug-likeness (QED) is 0.422. The molecule has 36 heavy (non-hydrogen) atoms. The highest BCUT2D eigenvalue weighted by Gasteiger charge is 2.28. The minimum absolute atomic E-state index is 0.211. The van der Waals surface area contributed by atoms with Gasteiger partial charge in [-0.2, -0.15) is 11.3 Å². The Morgan fingerprint density at radius 3 is 2.64 bits per heavy atom. The van der Waals surface area contributed by atoms with Crippen LogP contribution in [0.15, 0.2) is 62.9 Å². The second-order valence-corrected chi connectivity index (χ2v) is 10.9. The Bertz CT molecular complexity index is 1060. The Kier molecular flexibility index (Phi) is 9.60. The summed E-state index contributed by atoms with van der Waals surface area (Å²) in [5.41, 5.74) is 2.95.